The number of phosphoric acid groups is 1. The van der Waals surface area contributed by atoms with E-state index in [2.05, 4.69) is 0 Å². The molecule has 2 N–H and O–H groups in total. The Morgan fingerprint density at radius 2 is 1.55 bits per heavy atom. The zero-order valence-electron chi connectivity index (χ0n) is 48.9. The summed E-state index contributed by atoms with van der Waals surface area (Å²) in [5.41, 5.74) is 1.22. The molecule has 16 atom stereocenters. The van der Waals surface area contributed by atoms with Gasteiger partial charge >= 0.3 is 5.97 Å². The molecule has 20 heteroatoms. The van der Waals surface area contributed by atoms with Crippen LogP contribution in [-0.4, -0.2) is 179 Å². The predicted molar refractivity (Wildman–Crippen MR) is 291 cm³/mol. The zero-order chi connectivity index (χ0) is 58.1. The lowest BCUT2D eigenvalue weighted by atomic mass is 9.78. The lowest BCUT2D eigenvalue weighted by Gasteiger charge is -2.42. The summed E-state index contributed by atoms with van der Waals surface area (Å²) in [5.74, 6) is -8.43. The first-order chi connectivity index (χ1) is 36.6. The second-order valence-electron chi connectivity index (χ2n) is 23.6. The monoisotopic (exact) mass is 1120 g/mol. The molecule has 0 aromatic carbocycles. The first-order valence-electron chi connectivity index (χ1n) is 28.2. The number of nitrogens with zero attached hydrogens (tertiary/aromatic N) is 2. The van der Waals surface area contributed by atoms with Crippen molar-refractivity contribution in [2.24, 2.45) is 35.5 Å². The summed E-state index contributed by atoms with van der Waals surface area (Å²) in [6.45, 7) is 12.8. The number of ketones is 3. The van der Waals surface area contributed by atoms with Crippen LogP contribution in [0.1, 0.15) is 126 Å². The molecule has 1 aliphatic carbocycles. The van der Waals surface area contributed by atoms with Gasteiger partial charge in [-0.2, -0.15) is 0 Å². The number of allylic oxidation sites excluding steroid dienone is 6. The van der Waals surface area contributed by atoms with Gasteiger partial charge in [-0.3, -0.25) is 23.7 Å². The summed E-state index contributed by atoms with van der Waals surface area (Å²) >= 11 is 0. The van der Waals surface area contributed by atoms with Crippen molar-refractivity contribution in [2.45, 2.75) is 180 Å². The minimum Gasteiger partial charge on any atom is -0.756 e. The minimum absolute atomic E-state index is 0.00477. The second kappa shape index (κ2) is 31.2. The summed E-state index contributed by atoms with van der Waals surface area (Å²) in [6.07, 6.45) is 10.8. The SMILES string of the molecule is CO[C@@H]1C[C@@H]2CC[C@@H](C)[C@@](O)(O2)C(=O)C(=O)N2CCCC[C@H]2C(=O)O[C@H]([C@H](C)C[C@@H]2CC[C@@H](OCCOP(=O)([O-])OCC[N+](C)(C)C)[C@H](OC)C2)CC(=O)[C@H](C)/C=C(\C)[C@@H](O)[C@@H](OC)C(=O)[C@H](C)C[C@H](C)\C=C/C=C/C=C\1C. The van der Waals surface area contributed by atoms with Crippen LogP contribution in [0.2, 0.25) is 0 Å². The van der Waals surface area contributed by atoms with E-state index >= 15 is 0 Å². The molecule has 2 saturated heterocycles. The number of Topliss-reactive ketones (excluding diaryl/α,β-unsaturated/α-hetero) is 3. The fourth-order valence-electron chi connectivity index (χ4n) is 11.1. The highest BCUT2D eigenvalue weighted by Crippen LogP contribution is 2.40. The lowest BCUT2D eigenvalue weighted by Crippen LogP contribution is -2.61. The topological polar surface area (TPSA) is 243 Å². The molecule has 444 valence electrons. The van der Waals surface area contributed by atoms with Crippen LogP contribution in [0.25, 0.3) is 0 Å². The summed E-state index contributed by atoms with van der Waals surface area (Å²) < 4.78 is 58.8. The Bertz CT molecular complexity index is 2160. The maximum Gasteiger partial charge on any atom is 0.329 e. The molecule has 0 aromatic heterocycles. The Balaban J connectivity index is 1.62. The summed E-state index contributed by atoms with van der Waals surface area (Å²) in [5, 5.41) is 23.6. The third-order valence-electron chi connectivity index (χ3n) is 16.1. The molecule has 0 radical (unpaired) electrons. The summed E-state index contributed by atoms with van der Waals surface area (Å²) in [7, 11) is 5.75. The van der Waals surface area contributed by atoms with Gasteiger partial charge in [0, 0.05) is 58.5 Å². The van der Waals surface area contributed by atoms with E-state index in [9.17, 15) is 43.6 Å². The molecule has 78 heavy (non-hydrogen) atoms. The van der Waals surface area contributed by atoms with Gasteiger partial charge in [-0.15, -0.1) is 0 Å². The summed E-state index contributed by atoms with van der Waals surface area (Å²) in [6, 6.07) is -1.19. The highest BCUT2D eigenvalue weighted by molar-refractivity contribution is 7.45. The van der Waals surface area contributed by atoms with Crippen LogP contribution in [0.15, 0.2) is 47.6 Å². The normalized spacial score (nSPS) is 36.7. The first kappa shape index (κ1) is 67.2. The van der Waals surface area contributed by atoms with Crippen molar-refractivity contribution in [1.29, 1.82) is 0 Å². The molecule has 1 saturated carbocycles. The Hall–Kier alpha value is -3.30. The number of piperidine rings is 1. The number of cyclic esters (lactones) is 1. The minimum atomic E-state index is -4.53. The van der Waals surface area contributed by atoms with Crippen molar-refractivity contribution < 1.29 is 85.6 Å². The van der Waals surface area contributed by atoms with E-state index in [-0.39, 0.29) is 74.8 Å². The number of amides is 1. The van der Waals surface area contributed by atoms with E-state index in [4.69, 9.17) is 37.5 Å². The molecule has 3 fully saturated rings. The van der Waals surface area contributed by atoms with Crippen LogP contribution in [0.5, 0.6) is 0 Å². The van der Waals surface area contributed by atoms with Gasteiger partial charge in [0.1, 0.15) is 43.3 Å². The average Bonchev–Trinajstić information content (AvgIpc) is 3.38. The van der Waals surface area contributed by atoms with Crippen molar-refractivity contribution in [2.75, 3.05) is 75.4 Å². The Morgan fingerprint density at radius 3 is 2.22 bits per heavy atom. The molecule has 19 nitrogen and oxygen atoms in total. The van der Waals surface area contributed by atoms with E-state index in [1.54, 1.807) is 48.0 Å². The van der Waals surface area contributed by atoms with Gasteiger partial charge < -0.3 is 62.0 Å². The van der Waals surface area contributed by atoms with Crippen molar-refractivity contribution in [1.82, 2.24) is 4.90 Å². The zero-order valence-corrected chi connectivity index (χ0v) is 49.8. The second-order valence-corrected chi connectivity index (χ2v) is 25.0. The number of aliphatic hydroxyl groups is 2. The first-order valence-corrected chi connectivity index (χ1v) is 29.6. The van der Waals surface area contributed by atoms with Gasteiger partial charge in [0.2, 0.25) is 5.79 Å². The number of carbonyl (C=O) groups is 5. The molecule has 0 spiro atoms. The molecular weight excluding hydrogens is 1030 g/mol. The number of likely N-dealkylation sites (N-methyl/N-ethyl adjacent to an activating group) is 1. The number of fused-ring (bicyclic) bond motifs is 3. The van der Waals surface area contributed by atoms with Gasteiger partial charge in [0.15, 0.2) is 5.78 Å². The highest BCUT2D eigenvalue weighted by atomic mass is 31.2. The maximum absolute atomic E-state index is 14.6. The van der Waals surface area contributed by atoms with Gasteiger partial charge in [0.25, 0.3) is 19.5 Å². The van der Waals surface area contributed by atoms with Gasteiger partial charge in [0.05, 0.1) is 58.8 Å². The number of ether oxygens (including phenoxy) is 6. The predicted octanol–water partition coefficient (Wildman–Crippen LogP) is 6.41. The van der Waals surface area contributed by atoms with Crippen molar-refractivity contribution >= 4 is 37.0 Å². The molecule has 2 bridgehead atoms. The van der Waals surface area contributed by atoms with Crippen LogP contribution < -0.4 is 4.89 Å². The van der Waals surface area contributed by atoms with E-state index in [0.29, 0.717) is 80.8 Å². The van der Waals surface area contributed by atoms with Gasteiger partial charge in [-0.1, -0.05) is 71.1 Å². The highest BCUT2D eigenvalue weighted by Gasteiger charge is 2.53. The van der Waals surface area contributed by atoms with Crippen molar-refractivity contribution in [3.05, 3.63) is 47.6 Å². The molecule has 1 amide bonds. The molecule has 4 aliphatic rings. The molecule has 0 aromatic rings. The number of aliphatic hydroxyl groups excluding tert-OH is 1. The van der Waals surface area contributed by atoms with E-state index < -0.39 is 91.5 Å². The quantitative estimate of drug-likeness (QED) is 0.0449. The number of quaternary nitrogens is 1. The number of methoxy groups -OCH3 is 3. The Labute approximate surface area is 464 Å². The maximum atomic E-state index is 14.6. The van der Waals surface area contributed by atoms with E-state index in [0.717, 1.165) is 5.57 Å². The largest absolute Gasteiger partial charge is 0.756 e. The lowest BCUT2D eigenvalue weighted by molar-refractivity contribution is -0.870. The number of hydrogen-bond donors (Lipinski definition) is 2. The standard InChI is InChI=1S/C58H95N2O17P/c1-37-19-15-14-16-20-38(2)49(70-11)35-45-24-22-43(7)58(67,77-45)55(64)56(65)59-26-18-17-21-46(59)57(66)76-50(36-47(61)39(3)32-42(6)53(63)54(72-13)52(62)41(5)31-37)40(4)33-44-23-25-48(51(34-44)71-12)73-29-30-75-78(68,69)74-28-27-60(8,9)10/h14-16,19-20,32,37,39-41,43-46,48-51,53-54,63,67H,17-18,21-31,33-36H2,1-13H3/b16-14+,19-15-,38-20-,42-32+/t37-,39-,40-,41-,43-,44+,45+,46+,48-,49-,50+,51-,53-,54+,58-/m1/s1. The van der Waals surface area contributed by atoms with Crippen LogP contribution in [0.3, 0.4) is 0 Å². The third-order valence-corrected chi connectivity index (χ3v) is 17.1. The number of esters is 1. The molecule has 3 aliphatic heterocycles. The Kier molecular flexibility index (Phi) is 26.9. The fourth-order valence-corrected chi connectivity index (χ4v) is 11.8. The van der Waals surface area contributed by atoms with E-state index in [1.165, 1.54) is 12.0 Å². The number of rotatable bonds is 15. The summed E-state index contributed by atoms with van der Waals surface area (Å²) in [4.78, 5) is 85.0. The number of carbonyl (C=O) groups excluding carboxylic acids is 5. The van der Waals surface area contributed by atoms with Crippen LogP contribution >= 0.6 is 7.82 Å². The van der Waals surface area contributed by atoms with Crippen LogP contribution in [0.4, 0.5) is 0 Å². The molecule has 1 unspecified atom stereocenters. The van der Waals surface area contributed by atoms with Crippen LogP contribution in [0, 0.1) is 35.5 Å². The van der Waals surface area contributed by atoms with E-state index in [1.807, 2.05) is 72.3 Å². The van der Waals surface area contributed by atoms with Crippen molar-refractivity contribution in [3.63, 3.8) is 0 Å². The van der Waals surface area contributed by atoms with Crippen LogP contribution in [-0.2, 0) is 66.0 Å². The molecular formula is C58H95N2O17P. The van der Waals surface area contributed by atoms with Gasteiger partial charge in [-0.05, 0) is 107 Å². The molecule has 3 heterocycles. The van der Waals surface area contributed by atoms with Gasteiger partial charge in [-0.25, -0.2) is 4.79 Å². The smallest absolute Gasteiger partial charge is 0.329 e. The third kappa shape index (κ3) is 20.0. The molecule has 4 rings (SSSR count). The van der Waals surface area contributed by atoms with Crippen molar-refractivity contribution in [3.8, 4) is 0 Å². The average molecular weight is 1120 g/mol. The number of hydrogen-bond acceptors (Lipinski definition) is 17. The number of phosphoric ester groups is 1. The fraction of sp³-hybridized carbons (Fsp3) is 0.776. The Morgan fingerprint density at radius 1 is 0.846 bits per heavy atom.